The summed E-state index contributed by atoms with van der Waals surface area (Å²) in [7, 11) is 0. The van der Waals surface area contributed by atoms with Gasteiger partial charge in [-0.15, -0.1) is 0 Å². The van der Waals surface area contributed by atoms with Crippen LogP contribution in [0.5, 0.6) is 0 Å². The predicted molar refractivity (Wildman–Crippen MR) is 77.5 cm³/mol. The molecule has 1 unspecified atom stereocenters. The Balaban J connectivity index is 2.33. The molecule has 2 aromatic heterocycles. The van der Waals surface area contributed by atoms with Crippen LogP contribution in [0, 0.1) is 6.92 Å². The number of hydrogen-bond donors (Lipinski definition) is 2. The first-order valence-electron chi connectivity index (χ1n) is 6.51. The number of anilines is 1. The van der Waals surface area contributed by atoms with Gasteiger partial charge < -0.3 is 10.3 Å². The highest BCUT2D eigenvalue weighted by Gasteiger charge is 2.08. The number of carbonyl (C=O) groups excluding carboxylic acids is 1. The van der Waals surface area contributed by atoms with Crippen LogP contribution in [0.3, 0.4) is 0 Å². The quantitative estimate of drug-likeness (QED) is 0.807. The third-order valence-corrected chi connectivity index (χ3v) is 3.25. The monoisotopic (exact) mass is 257 g/mol. The van der Waals surface area contributed by atoms with Gasteiger partial charge in [0.15, 0.2) is 6.29 Å². The first-order chi connectivity index (χ1) is 9.13. The number of aromatic amines is 1. The minimum atomic E-state index is 0.389. The van der Waals surface area contributed by atoms with Crippen molar-refractivity contribution in [2.45, 2.75) is 33.2 Å². The Labute approximate surface area is 113 Å². The Morgan fingerprint density at radius 2 is 2.26 bits per heavy atom. The van der Waals surface area contributed by atoms with Crippen molar-refractivity contribution in [1.82, 2.24) is 9.97 Å². The number of aromatic nitrogens is 2. The second kappa shape index (κ2) is 5.69. The molecule has 2 rings (SSSR count). The van der Waals surface area contributed by atoms with Gasteiger partial charge in [-0.1, -0.05) is 6.92 Å². The van der Waals surface area contributed by atoms with Crippen LogP contribution in [0.15, 0.2) is 24.5 Å². The number of nitrogens with one attached hydrogen (secondary N) is 2. The van der Waals surface area contributed by atoms with Crippen molar-refractivity contribution in [2.75, 3.05) is 5.32 Å². The predicted octanol–water partition coefficient (Wildman–Crippen LogP) is 3.41. The van der Waals surface area contributed by atoms with E-state index < -0.39 is 0 Å². The summed E-state index contributed by atoms with van der Waals surface area (Å²) in [6, 6.07) is 4.27. The van der Waals surface area contributed by atoms with Crippen LogP contribution in [0.2, 0.25) is 0 Å². The van der Waals surface area contributed by atoms with Gasteiger partial charge in [-0.3, -0.25) is 4.79 Å². The van der Waals surface area contributed by atoms with E-state index in [1.54, 1.807) is 0 Å². The molecule has 0 spiro atoms. The Morgan fingerprint density at radius 1 is 1.47 bits per heavy atom. The van der Waals surface area contributed by atoms with Crippen molar-refractivity contribution in [2.24, 2.45) is 0 Å². The number of pyridine rings is 1. The molecule has 0 aliphatic heterocycles. The maximum atomic E-state index is 10.7. The summed E-state index contributed by atoms with van der Waals surface area (Å²) >= 11 is 0. The lowest BCUT2D eigenvalue weighted by molar-refractivity contribution is 0.111. The van der Waals surface area contributed by atoms with E-state index in [0.29, 0.717) is 11.7 Å². The molecule has 0 radical (unpaired) electrons. The molecule has 100 valence electrons. The van der Waals surface area contributed by atoms with E-state index in [9.17, 15) is 4.79 Å². The van der Waals surface area contributed by atoms with Crippen LogP contribution in [0.25, 0.3) is 11.1 Å². The summed E-state index contributed by atoms with van der Waals surface area (Å²) < 4.78 is 0. The van der Waals surface area contributed by atoms with E-state index in [1.165, 1.54) is 0 Å². The van der Waals surface area contributed by atoms with Crippen molar-refractivity contribution in [3.63, 3.8) is 0 Å². The molecule has 2 N–H and O–H groups in total. The van der Waals surface area contributed by atoms with Crippen molar-refractivity contribution < 1.29 is 4.79 Å². The van der Waals surface area contributed by atoms with Gasteiger partial charge in [0.05, 0.1) is 5.69 Å². The van der Waals surface area contributed by atoms with Gasteiger partial charge in [-0.2, -0.15) is 0 Å². The van der Waals surface area contributed by atoms with E-state index in [1.807, 2.05) is 31.5 Å². The molecule has 1 atom stereocenters. The highest BCUT2D eigenvalue weighted by atomic mass is 16.1. The summed E-state index contributed by atoms with van der Waals surface area (Å²) in [6.45, 7) is 6.28. The number of H-pyrrole nitrogens is 1. The summed E-state index contributed by atoms with van der Waals surface area (Å²) in [5, 5.41) is 3.36. The molecule has 0 aliphatic rings. The lowest BCUT2D eigenvalue weighted by atomic mass is 10.1. The average molecular weight is 257 g/mol. The lowest BCUT2D eigenvalue weighted by Crippen LogP contribution is -2.14. The van der Waals surface area contributed by atoms with Crippen molar-refractivity contribution in [3.05, 3.63) is 35.8 Å². The van der Waals surface area contributed by atoms with E-state index in [2.05, 4.69) is 29.1 Å². The van der Waals surface area contributed by atoms with Crippen molar-refractivity contribution >= 4 is 12.1 Å². The topological polar surface area (TPSA) is 57.8 Å². The van der Waals surface area contributed by atoms with E-state index in [0.717, 1.165) is 35.2 Å². The summed E-state index contributed by atoms with van der Waals surface area (Å²) in [4.78, 5) is 18.1. The van der Waals surface area contributed by atoms with Crippen LogP contribution >= 0.6 is 0 Å². The normalized spacial score (nSPS) is 12.2. The summed E-state index contributed by atoms with van der Waals surface area (Å²) in [6.07, 6.45) is 5.56. The standard InChI is InChI=1S/C15H19N3O/c1-4-11(3)18-15-6-14(10(2)7-17-15)12-5-13(9-19)16-8-12/h5-9,11,16H,4H2,1-3H3,(H,17,18). The SMILES string of the molecule is CCC(C)Nc1cc(-c2c[nH]c(C=O)c2)c(C)cn1. The van der Waals surface area contributed by atoms with Gasteiger partial charge in [0.25, 0.3) is 0 Å². The number of rotatable bonds is 5. The minimum absolute atomic E-state index is 0.389. The maximum absolute atomic E-state index is 10.7. The number of carbonyl (C=O) groups is 1. The Bertz CT molecular complexity index is 575. The van der Waals surface area contributed by atoms with Gasteiger partial charge in [0.1, 0.15) is 5.82 Å². The third-order valence-electron chi connectivity index (χ3n) is 3.25. The largest absolute Gasteiger partial charge is 0.368 e. The highest BCUT2D eigenvalue weighted by Crippen LogP contribution is 2.25. The molecule has 0 saturated heterocycles. The second-order valence-corrected chi connectivity index (χ2v) is 4.80. The zero-order chi connectivity index (χ0) is 13.8. The molecular formula is C15H19N3O. The molecule has 0 saturated carbocycles. The van der Waals surface area contributed by atoms with Crippen molar-refractivity contribution in [3.8, 4) is 11.1 Å². The fourth-order valence-electron chi connectivity index (χ4n) is 1.90. The zero-order valence-electron chi connectivity index (χ0n) is 11.5. The Hall–Kier alpha value is -2.10. The number of hydrogen-bond acceptors (Lipinski definition) is 3. The van der Waals surface area contributed by atoms with Crippen LogP contribution in [0.1, 0.15) is 36.3 Å². The van der Waals surface area contributed by atoms with Crippen LogP contribution in [0.4, 0.5) is 5.82 Å². The molecule has 2 heterocycles. The average Bonchev–Trinajstić information content (AvgIpc) is 2.89. The molecule has 2 aromatic rings. The zero-order valence-corrected chi connectivity index (χ0v) is 11.5. The van der Waals surface area contributed by atoms with Crippen LogP contribution in [-0.2, 0) is 0 Å². The van der Waals surface area contributed by atoms with Gasteiger partial charge >= 0.3 is 0 Å². The molecule has 4 nitrogen and oxygen atoms in total. The lowest BCUT2D eigenvalue weighted by Gasteiger charge is -2.13. The van der Waals surface area contributed by atoms with Crippen molar-refractivity contribution in [1.29, 1.82) is 0 Å². The molecule has 4 heteroatoms. The molecule has 0 aromatic carbocycles. The van der Waals surface area contributed by atoms with Crippen LogP contribution < -0.4 is 5.32 Å². The van der Waals surface area contributed by atoms with E-state index >= 15 is 0 Å². The molecular weight excluding hydrogens is 238 g/mol. The van der Waals surface area contributed by atoms with Gasteiger partial charge in [0.2, 0.25) is 0 Å². The Kier molecular flexibility index (Phi) is 4.00. The van der Waals surface area contributed by atoms with Gasteiger partial charge in [0, 0.05) is 24.0 Å². The first-order valence-corrected chi connectivity index (χ1v) is 6.51. The van der Waals surface area contributed by atoms with Gasteiger partial charge in [-0.25, -0.2) is 4.98 Å². The fourth-order valence-corrected chi connectivity index (χ4v) is 1.90. The summed E-state index contributed by atoms with van der Waals surface area (Å²) in [5.41, 5.74) is 3.77. The van der Waals surface area contributed by atoms with E-state index in [4.69, 9.17) is 0 Å². The first kappa shape index (κ1) is 13.3. The third kappa shape index (κ3) is 3.02. The minimum Gasteiger partial charge on any atom is -0.368 e. The molecule has 0 bridgehead atoms. The second-order valence-electron chi connectivity index (χ2n) is 4.80. The Morgan fingerprint density at radius 3 is 2.89 bits per heavy atom. The molecule has 19 heavy (non-hydrogen) atoms. The molecule has 0 aliphatic carbocycles. The van der Waals surface area contributed by atoms with Crippen LogP contribution in [-0.4, -0.2) is 22.3 Å². The smallest absolute Gasteiger partial charge is 0.166 e. The fraction of sp³-hybridized carbons (Fsp3) is 0.333. The number of nitrogens with zero attached hydrogens (tertiary/aromatic N) is 1. The number of aryl methyl sites for hydroxylation is 1. The molecule has 0 amide bonds. The summed E-state index contributed by atoms with van der Waals surface area (Å²) in [5.74, 6) is 0.865. The van der Waals surface area contributed by atoms with Gasteiger partial charge in [-0.05, 0) is 43.5 Å². The van der Waals surface area contributed by atoms with E-state index in [-0.39, 0.29) is 0 Å². The maximum Gasteiger partial charge on any atom is 0.166 e. The molecule has 0 fully saturated rings. The highest BCUT2D eigenvalue weighted by molar-refractivity contribution is 5.78. The number of aldehydes is 1.